The molecule has 0 aromatic rings. The minimum absolute atomic E-state index is 0.0787. The van der Waals surface area contributed by atoms with E-state index in [1.54, 1.807) is 11.8 Å². The van der Waals surface area contributed by atoms with Gasteiger partial charge in [-0.25, -0.2) is 4.79 Å². The zero-order valence-corrected chi connectivity index (χ0v) is 10.1. The van der Waals surface area contributed by atoms with E-state index in [9.17, 15) is 14.4 Å². The highest BCUT2D eigenvalue weighted by Crippen LogP contribution is 1.97. The summed E-state index contributed by atoms with van der Waals surface area (Å²) >= 11 is 1.60. The van der Waals surface area contributed by atoms with Crippen molar-refractivity contribution in [3.8, 4) is 0 Å². The molecule has 16 heavy (non-hydrogen) atoms. The van der Waals surface area contributed by atoms with Crippen molar-refractivity contribution in [2.45, 2.75) is 25.8 Å². The zero-order chi connectivity index (χ0) is 13.1. The average Bonchev–Trinajstić information content (AvgIpc) is 2.25. The van der Waals surface area contributed by atoms with E-state index in [1.165, 1.54) is 6.92 Å². The summed E-state index contributed by atoms with van der Waals surface area (Å²) in [4.78, 5) is 29.6. The van der Waals surface area contributed by atoms with Crippen molar-refractivity contribution in [3.05, 3.63) is 0 Å². The van der Waals surface area contributed by atoms with Crippen LogP contribution in [0.5, 0.6) is 0 Å². The Morgan fingerprint density at radius 2 is 1.81 bits per heavy atom. The first kappa shape index (κ1) is 17.3. The van der Waals surface area contributed by atoms with Crippen molar-refractivity contribution in [1.82, 2.24) is 0 Å². The number of ketones is 1. The molecule has 94 valence electrons. The van der Waals surface area contributed by atoms with Gasteiger partial charge in [0.15, 0.2) is 0 Å². The van der Waals surface area contributed by atoms with Gasteiger partial charge < -0.3 is 15.9 Å². The third-order valence-corrected chi connectivity index (χ3v) is 2.15. The summed E-state index contributed by atoms with van der Waals surface area (Å²) < 4.78 is 0. The van der Waals surface area contributed by atoms with Crippen molar-refractivity contribution in [1.29, 1.82) is 0 Å². The number of Topliss-reactive ketones (excluding diaryl/α,β-unsaturated/α-hetero) is 1. The second-order valence-electron chi connectivity index (χ2n) is 2.81. The molecule has 0 unspecified atom stereocenters. The van der Waals surface area contributed by atoms with E-state index in [0.717, 1.165) is 5.75 Å². The number of thioether (sulfide) groups is 1. The molecule has 1 atom stereocenters. The molecule has 0 aliphatic rings. The van der Waals surface area contributed by atoms with Crippen LogP contribution in [0.15, 0.2) is 0 Å². The summed E-state index contributed by atoms with van der Waals surface area (Å²) in [5.41, 5.74) is 5.19. The molecule has 0 saturated heterocycles. The Bertz CT molecular complexity index is 244. The molecule has 4 N–H and O–H groups in total. The van der Waals surface area contributed by atoms with Crippen molar-refractivity contribution < 1.29 is 24.6 Å². The molecule has 7 heteroatoms. The van der Waals surface area contributed by atoms with Gasteiger partial charge in [-0.1, -0.05) is 6.92 Å². The van der Waals surface area contributed by atoms with Crippen LogP contribution in [0.2, 0.25) is 0 Å². The summed E-state index contributed by atoms with van der Waals surface area (Å²) in [6, 6.07) is -0.683. The van der Waals surface area contributed by atoms with Crippen LogP contribution in [0, 0.1) is 0 Å². The van der Waals surface area contributed by atoms with Crippen LogP contribution >= 0.6 is 11.8 Å². The number of carboxylic acid groups (broad SMARTS) is 2. The number of carbonyl (C=O) groups is 3. The zero-order valence-electron chi connectivity index (χ0n) is 9.30. The first-order chi connectivity index (χ1) is 7.36. The highest BCUT2D eigenvalue weighted by Gasteiger charge is 2.09. The molecule has 0 fully saturated rings. The molecule has 0 aromatic carbocycles. The minimum atomic E-state index is -1.34. The fraction of sp³-hybridized carbons (Fsp3) is 0.667. The summed E-state index contributed by atoms with van der Waals surface area (Å²) in [5, 5.41) is 16.1. The van der Waals surface area contributed by atoms with Gasteiger partial charge in [0.1, 0.15) is 6.04 Å². The van der Waals surface area contributed by atoms with Crippen LogP contribution in [-0.2, 0) is 14.4 Å². The number of hydrogen-bond donors (Lipinski definition) is 3. The SMILES string of the molecule is CCC(=O)C(=O)O.CSCC[C@H](N)C(=O)O. The van der Waals surface area contributed by atoms with Gasteiger partial charge >= 0.3 is 11.9 Å². The van der Waals surface area contributed by atoms with Crippen LogP contribution in [0.1, 0.15) is 19.8 Å². The molecule has 0 radical (unpaired) electrons. The van der Waals surface area contributed by atoms with Crippen LogP contribution in [0.3, 0.4) is 0 Å². The molecule has 0 aromatic heterocycles. The lowest BCUT2D eigenvalue weighted by Crippen LogP contribution is -2.30. The van der Waals surface area contributed by atoms with E-state index in [-0.39, 0.29) is 6.42 Å². The van der Waals surface area contributed by atoms with E-state index >= 15 is 0 Å². The first-order valence-corrected chi connectivity index (χ1v) is 5.99. The summed E-state index contributed by atoms with van der Waals surface area (Å²) in [5.74, 6) is -2.18. The van der Waals surface area contributed by atoms with Crippen LogP contribution < -0.4 is 5.73 Å². The monoisotopic (exact) mass is 251 g/mol. The molecule has 0 heterocycles. The smallest absolute Gasteiger partial charge is 0.372 e. The topological polar surface area (TPSA) is 118 Å². The third-order valence-electron chi connectivity index (χ3n) is 1.51. The largest absolute Gasteiger partial charge is 0.480 e. The lowest BCUT2D eigenvalue weighted by atomic mass is 10.2. The molecule has 0 bridgehead atoms. The van der Waals surface area contributed by atoms with E-state index in [0.29, 0.717) is 6.42 Å². The van der Waals surface area contributed by atoms with Gasteiger partial charge in [0.05, 0.1) is 0 Å². The maximum Gasteiger partial charge on any atom is 0.372 e. The Morgan fingerprint density at radius 3 is 2.00 bits per heavy atom. The number of nitrogens with two attached hydrogens (primary N) is 1. The fourth-order valence-electron chi connectivity index (χ4n) is 0.520. The summed E-state index contributed by atoms with van der Waals surface area (Å²) in [7, 11) is 0. The van der Waals surface area contributed by atoms with Crippen LogP contribution in [-0.4, -0.2) is 46.0 Å². The molecule has 6 nitrogen and oxygen atoms in total. The Labute approximate surface area is 98.2 Å². The predicted octanol–water partition coefficient (Wildman–Crippen LogP) is 0.202. The van der Waals surface area contributed by atoms with Crippen molar-refractivity contribution in [3.63, 3.8) is 0 Å². The van der Waals surface area contributed by atoms with Gasteiger partial charge in [0.2, 0.25) is 5.78 Å². The molecular weight excluding hydrogens is 234 g/mol. The normalized spacial score (nSPS) is 10.9. The quantitative estimate of drug-likeness (QED) is 0.577. The third kappa shape index (κ3) is 11.0. The summed E-state index contributed by atoms with van der Waals surface area (Å²) in [6.07, 6.45) is 2.56. The van der Waals surface area contributed by atoms with Crippen LogP contribution in [0.25, 0.3) is 0 Å². The second kappa shape index (κ2) is 10.4. The highest BCUT2D eigenvalue weighted by atomic mass is 32.2. The maximum atomic E-state index is 10.1. The molecule has 0 rings (SSSR count). The molecule has 0 aliphatic heterocycles. The van der Waals surface area contributed by atoms with Gasteiger partial charge in [0, 0.05) is 6.42 Å². The van der Waals surface area contributed by atoms with E-state index in [4.69, 9.17) is 15.9 Å². The predicted molar refractivity (Wildman–Crippen MR) is 61.5 cm³/mol. The molecule has 0 spiro atoms. The van der Waals surface area contributed by atoms with Gasteiger partial charge in [-0.2, -0.15) is 11.8 Å². The molecule has 0 aliphatic carbocycles. The van der Waals surface area contributed by atoms with Gasteiger partial charge in [-0.15, -0.1) is 0 Å². The minimum Gasteiger partial charge on any atom is -0.480 e. The summed E-state index contributed by atoms with van der Waals surface area (Å²) in [6.45, 7) is 1.51. The lowest BCUT2D eigenvalue weighted by Gasteiger charge is -2.02. The van der Waals surface area contributed by atoms with Crippen molar-refractivity contribution >= 4 is 29.5 Å². The van der Waals surface area contributed by atoms with Crippen molar-refractivity contribution in [2.24, 2.45) is 5.73 Å². The van der Waals surface area contributed by atoms with Gasteiger partial charge in [0.25, 0.3) is 0 Å². The number of rotatable bonds is 6. The van der Waals surface area contributed by atoms with Crippen LogP contribution in [0.4, 0.5) is 0 Å². The number of aliphatic carboxylic acids is 2. The van der Waals surface area contributed by atoms with Gasteiger partial charge in [-0.3, -0.25) is 9.59 Å². The lowest BCUT2D eigenvalue weighted by molar-refractivity contribution is -0.148. The number of hydrogen-bond acceptors (Lipinski definition) is 5. The molecule has 0 saturated carbocycles. The van der Waals surface area contributed by atoms with E-state index in [2.05, 4.69) is 0 Å². The maximum absolute atomic E-state index is 10.1. The standard InChI is InChI=1S/C5H11NO2S.C4H6O3/c1-9-3-2-4(6)5(7)8;1-2-3(5)4(6)7/h4H,2-3,6H2,1H3,(H,7,8);2H2,1H3,(H,6,7)/t4-;/m0./s1. The Balaban J connectivity index is 0. The van der Waals surface area contributed by atoms with Crippen molar-refractivity contribution in [2.75, 3.05) is 12.0 Å². The average molecular weight is 251 g/mol. The fourth-order valence-corrected chi connectivity index (χ4v) is 1.01. The number of carboxylic acids is 2. The Hall–Kier alpha value is -1.08. The van der Waals surface area contributed by atoms with E-state index in [1.807, 2.05) is 6.26 Å². The first-order valence-electron chi connectivity index (χ1n) is 4.60. The highest BCUT2D eigenvalue weighted by molar-refractivity contribution is 7.98. The molecule has 0 amide bonds. The number of carbonyl (C=O) groups excluding carboxylic acids is 1. The molecular formula is C9H17NO5S. The van der Waals surface area contributed by atoms with E-state index < -0.39 is 23.8 Å². The Kier molecular flexibility index (Phi) is 11.3. The van der Waals surface area contributed by atoms with Gasteiger partial charge in [-0.05, 0) is 18.4 Å². The Morgan fingerprint density at radius 1 is 1.31 bits per heavy atom. The second-order valence-corrected chi connectivity index (χ2v) is 3.79.